The fourth-order valence-corrected chi connectivity index (χ4v) is 3.20. The Morgan fingerprint density at radius 2 is 1.91 bits per heavy atom. The lowest BCUT2D eigenvalue weighted by Crippen LogP contribution is -2.60. The molecule has 3 fully saturated rings. The molecule has 11 heavy (non-hydrogen) atoms. The quantitative estimate of drug-likeness (QED) is 0.567. The van der Waals surface area contributed by atoms with Crippen LogP contribution in [0.2, 0.25) is 0 Å². The van der Waals surface area contributed by atoms with Gasteiger partial charge in [0, 0.05) is 0 Å². The lowest BCUT2D eigenvalue weighted by atomic mass is 9.44. The summed E-state index contributed by atoms with van der Waals surface area (Å²) < 4.78 is 0. The molecule has 0 saturated heterocycles. The Labute approximate surface area is 68.8 Å². The monoisotopic (exact) mass is 154 g/mol. The van der Waals surface area contributed by atoms with Gasteiger partial charge < -0.3 is 5.11 Å². The highest BCUT2D eigenvalue weighted by Gasteiger charge is 2.58. The molecule has 3 atom stereocenters. The van der Waals surface area contributed by atoms with Gasteiger partial charge in [-0.05, 0) is 43.4 Å². The molecule has 0 spiro atoms. The maximum Gasteiger partial charge on any atom is 0.0653 e. The highest BCUT2D eigenvalue weighted by atomic mass is 16.3. The summed E-state index contributed by atoms with van der Waals surface area (Å²) in [7, 11) is 0. The van der Waals surface area contributed by atoms with Crippen LogP contribution in [0.15, 0.2) is 0 Å². The molecule has 0 aliphatic heterocycles. The van der Waals surface area contributed by atoms with E-state index >= 15 is 0 Å². The zero-order chi connectivity index (χ0) is 8.28. The minimum atomic E-state index is -0.363. The topological polar surface area (TPSA) is 20.2 Å². The van der Waals surface area contributed by atoms with E-state index in [0.717, 1.165) is 12.3 Å². The van der Waals surface area contributed by atoms with Crippen molar-refractivity contribution >= 4 is 0 Å². The molecule has 0 aromatic carbocycles. The molecule has 3 aliphatic rings. The third-order valence-electron chi connectivity index (χ3n) is 4.22. The zero-order valence-electron chi connectivity index (χ0n) is 7.72. The predicted octanol–water partition coefficient (Wildman–Crippen LogP) is 2.19. The van der Waals surface area contributed by atoms with Crippen molar-refractivity contribution in [2.24, 2.45) is 17.3 Å². The van der Waals surface area contributed by atoms with Gasteiger partial charge in [-0.15, -0.1) is 0 Å². The van der Waals surface area contributed by atoms with Crippen molar-refractivity contribution in [2.45, 2.75) is 45.6 Å². The summed E-state index contributed by atoms with van der Waals surface area (Å²) in [6.45, 7) is 6.62. The van der Waals surface area contributed by atoms with Crippen molar-refractivity contribution in [1.82, 2.24) is 0 Å². The van der Waals surface area contributed by atoms with E-state index in [1.807, 2.05) is 6.92 Å². The molecule has 1 heteroatoms. The van der Waals surface area contributed by atoms with E-state index in [-0.39, 0.29) is 5.60 Å². The first-order chi connectivity index (χ1) is 4.94. The standard InChI is InChI=1S/C10H18O/c1-9(2)7-4-5-10(3,11)8(9)6-7/h7-8,11H,4-6H2,1-3H3/t7-,8+,10-/m1/s1. The Morgan fingerprint density at radius 3 is 2.18 bits per heavy atom. The molecular formula is C10H18O. The van der Waals surface area contributed by atoms with Gasteiger partial charge in [-0.25, -0.2) is 0 Å². The van der Waals surface area contributed by atoms with Crippen molar-refractivity contribution in [2.75, 3.05) is 0 Å². The van der Waals surface area contributed by atoms with Crippen LogP contribution in [0.4, 0.5) is 0 Å². The molecule has 0 amide bonds. The Kier molecular flexibility index (Phi) is 1.26. The average molecular weight is 154 g/mol. The van der Waals surface area contributed by atoms with Crippen LogP contribution in [-0.4, -0.2) is 10.7 Å². The molecule has 3 saturated carbocycles. The molecule has 64 valence electrons. The highest BCUT2D eigenvalue weighted by Crippen LogP contribution is 2.62. The van der Waals surface area contributed by atoms with E-state index in [1.165, 1.54) is 12.8 Å². The van der Waals surface area contributed by atoms with Crippen LogP contribution < -0.4 is 0 Å². The van der Waals surface area contributed by atoms with Crippen molar-refractivity contribution < 1.29 is 5.11 Å². The third kappa shape index (κ3) is 0.807. The maximum absolute atomic E-state index is 10.0. The van der Waals surface area contributed by atoms with Crippen LogP contribution in [0.5, 0.6) is 0 Å². The minimum absolute atomic E-state index is 0.363. The molecule has 0 aromatic heterocycles. The molecule has 3 aliphatic carbocycles. The Bertz CT molecular complexity index is 171. The molecule has 3 rings (SSSR count). The Balaban J connectivity index is 2.23. The van der Waals surface area contributed by atoms with Crippen LogP contribution in [0.3, 0.4) is 0 Å². The van der Waals surface area contributed by atoms with E-state index in [9.17, 15) is 5.11 Å². The first-order valence-electron chi connectivity index (χ1n) is 4.67. The summed E-state index contributed by atoms with van der Waals surface area (Å²) in [5.74, 6) is 1.46. The van der Waals surface area contributed by atoms with Gasteiger partial charge >= 0.3 is 0 Å². The first-order valence-corrected chi connectivity index (χ1v) is 4.67. The van der Waals surface area contributed by atoms with Crippen molar-refractivity contribution in [3.8, 4) is 0 Å². The Hall–Kier alpha value is -0.0400. The first kappa shape index (κ1) is 7.60. The summed E-state index contributed by atoms with van der Waals surface area (Å²) in [4.78, 5) is 0. The molecule has 0 heterocycles. The van der Waals surface area contributed by atoms with Gasteiger partial charge in [0.15, 0.2) is 0 Å². The number of hydrogen-bond donors (Lipinski definition) is 1. The predicted molar refractivity (Wildman–Crippen MR) is 45.2 cm³/mol. The zero-order valence-corrected chi connectivity index (χ0v) is 7.72. The van der Waals surface area contributed by atoms with Gasteiger partial charge in [0.05, 0.1) is 5.60 Å². The smallest absolute Gasteiger partial charge is 0.0653 e. The Morgan fingerprint density at radius 1 is 1.27 bits per heavy atom. The van der Waals surface area contributed by atoms with Crippen molar-refractivity contribution in [3.05, 3.63) is 0 Å². The van der Waals surface area contributed by atoms with E-state index in [2.05, 4.69) is 13.8 Å². The second-order valence-electron chi connectivity index (χ2n) is 5.20. The lowest BCUT2D eigenvalue weighted by Gasteiger charge is -2.62. The molecule has 0 aromatic rings. The van der Waals surface area contributed by atoms with E-state index in [1.54, 1.807) is 0 Å². The summed E-state index contributed by atoms with van der Waals surface area (Å²) >= 11 is 0. The van der Waals surface area contributed by atoms with E-state index in [4.69, 9.17) is 0 Å². The van der Waals surface area contributed by atoms with Gasteiger partial charge in [0.2, 0.25) is 0 Å². The van der Waals surface area contributed by atoms with Crippen LogP contribution in [-0.2, 0) is 0 Å². The normalized spacial score (nSPS) is 53.5. The molecule has 1 N–H and O–H groups in total. The van der Waals surface area contributed by atoms with Gasteiger partial charge in [-0.1, -0.05) is 13.8 Å². The number of hydrogen-bond acceptors (Lipinski definition) is 1. The van der Waals surface area contributed by atoms with Gasteiger partial charge in [0.25, 0.3) is 0 Å². The van der Waals surface area contributed by atoms with Crippen LogP contribution in [0.1, 0.15) is 40.0 Å². The lowest BCUT2D eigenvalue weighted by molar-refractivity contribution is -0.192. The van der Waals surface area contributed by atoms with Gasteiger partial charge in [-0.3, -0.25) is 0 Å². The number of aliphatic hydroxyl groups is 1. The second-order valence-corrected chi connectivity index (χ2v) is 5.20. The van der Waals surface area contributed by atoms with Crippen LogP contribution in [0, 0.1) is 17.3 Å². The summed E-state index contributed by atoms with van der Waals surface area (Å²) in [5.41, 5.74) is 0.0556. The molecule has 2 bridgehead atoms. The van der Waals surface area contributed by atoms with E-state index < -0.39 is 0 Å². The maximum atomic E-state index is 10.0. The van der Waals surface area contributed by atoms with Crippen LogP contribution in [0.25, 0.3) is 0 Å². The molecule has 1 nitrogen and oxygen atoms in total. The number of fused-ring (bicyclic) bond motifs is 2. The fourth-order valence-electron chi connectivity index (χ4n) is 3.20. The average Bonchev–Trinajstić information content (AvgIpc) is 1.84. The van der Waals surface area contributed by atoms with E-state index in [0.29, 0.717) is 11.3 Å². The largest absolute Gasteiger partial charge is 0.390 e. The molecular weight excluding hydrogens is 136 g/mol. The molecule has 0 unspecified atom stereocenters. The summed E-state index contributed by atoms with van der Waals surface area (Å²) in [6, 6.07) is 0. The number of rotatable bonds is 0. The summed E-state index contributed by atoms with van der Waals surface area (Å²) in [5, 5.41) is 10.0. The van der Waals surface area contributed by atoms with Gasteiger partial charge in [-0.2, -0.15) is 0 Å². The second kappa shape index (κ2) is 1.82. The molecule has 0 radical (unpaired) electrons. The van der Waals surface area contributed by atoms with Crippen molar-refractivity contribution in [3.63, 3.8) is 0 Å². The SMILES string of the molecule is CC1(C)[C@@H]2CC[C@@](C)(O)[C@H]1C2. The third-order valence-corrected chi connectivity index (χ3v) is 4.22. The van der Waals surface area contributed by atoms with Crippen LogP contribution >= 0.6 is 0 Å². The highest BCUT2D eigenvalue weighted by molar-refractivity contribution is 5.08. The minimum Gasteiger partial charge on any atom is -0.390 e. The van der Waals surface area contributed by atoms with Gasteiger partial charge in [0.1, 0.15) is 0 Å². The summed E-state index contributed by atoms with van der Waals surface area (Å²) in [6.07, 6.45) is 3.52. The van der Waals surface area contributed by atoms with Crippen molar-refractivity contribution in [1.29, 1.82) is 0 Å². The fraction of sp³-hybridized carbons (Fsp3) is 1.00.